The zero-order valence-electron chi connectivity index (χ0n) is 25.4. The fraction of sp³-hybridized carbons (Fsp3) is 0.333. The van der Waals surface area contributed by atoms with Crippen molar-refractivity contribution in [1.82, 2.24) is 15.3 Å². The van der Waals surface area contributed by atoms with Crippen molar-refractivity contribution in [3.8, 4) is 0 Å². The highest BCUT2D eigenvalue weighted by molar-refractivity contribution is 6.13. The largest absolute Gasteiger partial charge is 0.444 e. The van der Waals surface area contributed by atoms with E-state index in [1.165, 1.54) is 11.1 Å². The van der Waals surface area contributed by atoms with Crippen LogP contribution in [0, 0.1) is 12.3 Å². The first-order valence-electron chi connectivity index (χ1n) is 15.1. The van der Waals surface area contributed by atoms with Gasteiger partial charge in [0.15, 0.2) is 11.6 Å². The summed E-state index contributed by atoms with van der Waals surface area (Å²) in [6, 6.07) is 28.8. The van der Waals surface area contributed by atoms with Crippen LogP contribution in [-0.4, -0.2) is 40.5 Å². The molecule has 1 fully saturated rings. The molecule has 0 unspecified atom stereocenters. The predicted octanol–water partition coefficient (Wildman–Crippen LogP) is 7.36. The average molecular weight is 574 g/mol. The van der Waals surface area contributed by atoms with Gasteiger partial charge in [-0.3, -0.25) is 4.98 Å². The van der Waals surface area contributed by atoms with E-state index < -0.39 is 5.60 Å². The monoisotopic (exact) mass is 573 g/mol. The van der Waals surface area contributed by atoms with E-state index in [1.54, 1.807) is 6.20 Å². The number of rotatable bonds is 5. The van der Waals surface area contributed by atoms with E-state index in [2.05, 4.69) is 58.7 Å². The summed E-state index contributed by atoms with van der Waals surface area (Å²) in [5.41, 5.74) is 5.67. The third-order valence-corrected chi connectivity index (χ3v) is 8.48. The number of aliphatic imine (C=N–C) groups is 1. The summed E-state index contributed by atoms with van der Waals surface area (Å²) in [4.78, 5) is 30.0. The topological polar surface area (TPSA) is 79.7 Å². The van der Waals surface area contributed by atoms with Gasteiger partial charge < -0.3 is 15.0 Å². The molecule has 43 heavy (non-hydrogen) atoms. The normalized spacial score (nSPS) is 17.3. The SMILES string of the molecule is Cc1ncc(N=C(c2ccccc2)c2ccccc2)nc1N1CCC2(CC1)Cc1ccccc1[C@H]2NC(=O)OC(C)(C)C. The number of carbonyl (C=O) groups excluding carboxylic acids is 1. The lowest BCUT2D eigenvalue weighted by molar-refractivity contribution is 0.0428. The molecule has 1 N–H and O–H groups in total. The fourth-order valence-electron chi connectivity index (χ4n) is 6.46. The number of hydrogen-bond donors (Lipinski definition) is 1. The standard InChI is InChI=1S/C36H39N5O2/c1-25-33(39-30(24-37-25)38-31(26-13-7-5-8-14-26)27-15-9-6-10-16-27)41-21-19-36(20-22-41)23-28-17-11-12-18-29(28)32(36)40-34(42)43-35(2,3)4/h5-18,24,32H,19-23H2,1-4H3,(H,40,42)/t32-/m1/s1. The van der Waals surface area contributed by atoms with Gasteiger partial charge in [-0.05, 0) is 58.1 Å². The van der Waals surface area contributed by atoms with E-state index in [4.69, 9.17) is 19.7 Å². The summed E-state index contributed by atoms with van der Waals surface area (Å²) < 4.78 is 5.67. The number of aryl methyl sites for hydroxylation is 1. The lowest BCUT2D eigenvalue weighted by Gasteiger charge is -2.44. The van der Waals surface area contributed by atoms with Crippen molar-refractivity contribution in [3.63, 3.8) is 0 Å². The molecule has 2 heterocycles. The number of nitrogens with one attached hydrogen (secondary N) is 1. The van der Waals surface area contributed by atoms with E-state index in [1.807, 2.05) is 64.1 Å². The summed E-state index contributed by atoms with van der Waals surface area (Å²) >= 11 is 0. The lowest BCUT2D eigenvalue weighted by Crippen LogP contribution is -2.48. The molecule has 4 aromatic rings. The number of ether oxygens (including phenoxy) is 1. The first-order valence-corrected chi connectivity index (χ1v) is 15.1. The molecule has 2 aliphatic rings. The first-order chi connectivity index (χ1) is 20.7. The zero-order chi connectivity index (χ0) is 30.0. The van der Waals surface area contributed by atoms with Crippen molar-refractivity contribution >= 4 is 23.4 Å². The van der Waals surface area contributed by atoms with Gasteiger partial charge in [0.2, 0.25) is 0 Å². The minimum absolute atomic E-state index is 0.0814. The molecule has 1 aliphatic carbocycles. The van der Waals surface area contributed by atoms with Crippen LogP contribution in [-0.2, 0) is 11.2 Å². The molecule has 3 aromatic carbocycles. The Hall–Kier alpha value is -4.52. The molecule has 1 amide bonds. The van der Waals surface area contributed by atoms with Gasteiger partial charge in [-0.2, -0.15) is 0 Å². The quantitative estimate of drug-likeness (QED) is 0.252. The maximum absolute atomic E-state index is 12.9. The van der Waals surface area contributed by atoms with Crippen molar-refractivity contribution in [1.29, 1.82) is 0 Å². The lowest BCUT2D eigenvalue weighted by atomic mass is 9.72. The molecule has 1 spiro atoms. The Morgan fingerprint density at radius 1 is 0.930 bits per heavy atom. The van der Waals surface area contributed by atoms with Crippen LogP contribution in [0.3, 0.4) is 0 Å². The number of carbonyl (C=O) groups is 1. The van der Waals surface area contributed by atoms with Gasteiger partial charge in [0.05, 0.1) is 23.6 Å². The van der Waals surface area contributed by atoms with Crippen LogP contribution in [0.1, 0.15) is 67.6 Å². The second-order valence-corrected chi connectivity index (χ2v) is 12.6. The van der Waals surface area contributed by atoms with Gasteiger partial charge in [-0.25, -0.2) is 14.8 Å². The summed E-state index contributed by atoms with van der Waals surface area (Å²) in [5, 5.41) is 3.25. The fourth-order valence-corrected chi connectivity index (χ4v) is 6.46. The molecule has 220 valence electrons. The average Bonchev–Trinajstić information content (AvgIpc) is 3.29. The number of aromatic nitrogens is 2. The Bertz CT molecular complexity index is 1580. The summed E-state index contributed by atoms with van der Waals surface area (Å²) in [6.45, 7) is 9.32. The number of fused-ring (bicyclic) bond motifs is 1. The number of hydrogen-bond acceptors (Lipinski definition) is 6. The van der Waals surface area contributed by atoms with Gasteiger partial charge >= 0.3 is 6.09 Å². The van der Waals surface area contributed by atoms with E-state index >= 15 is 0 Å². The molecule has 7 nitrogen and oxygen atoms in total. The third-order valence-electron chi connectivity index (χ3n) is 8.48. The Balaban J connectivity index is 1.26. The summed E-state index contributed by atoms with van der Waals surface area (Å²) in [6.07, 6.45) is 4.15. The number of alkyl carbamates (subject to hydrolysis) is 1. The maximum Gasteiger partial charge on any atom is 0.408 e. The molecule has 1 atom stereocenters. The van der Waals surface area contributed by atoms with Crippen LogP contribution in [0.4, 0.5) is 16.4 Å². The number of benzene rings is 3. The van der Waals surface area contributed by atoms with Crippen LogP contribution >= 0.6 is 0 Å². The Kier molecular flexibility index (Phi) is 7.74. The van der Waals surface area contributed by atoms with E-state index in [-0.39, 0.29) is 17.6 Å². The zero-order valence-corrected chi connectivity index (χ0v) is 25.4. The molecule has 7 heteroatoms. The second-order valence-electron chi connectivity index (χ2n) is 12.6. The van der Waals surface area contributed by atoms with Crippen molar-refractivity contribution in [2.45, 2.75) is 58.6 Å². The third kappa shape index (κ3) is 6.17. The Labute approximate surface area is 254 Å². The van der Waals surface area contributed by atoms with Crippen LogP contribution in [0.5, 0.6) is 0 Å². The van der Waals surface area contributed by atoms with Crippen molar-refractivity contribution in [3.05, 3.63) is 119 Å². The summed E-state index contributed by atoms with van der Waals surface area (Å²) in [5.74, 6) is 1.45. The molecule has 1 saturated heterocycles. The van der Waals surface area contributed by atoms with Crippen molar-refractivity contribution in [2.75, 3.05) is 18.0 Å². The number of anilines is 1. The Morgan fingerprint density at radius 2 is 1.53 bits per heavy atom. The number of nitrogens with zero attached hydrogens (tertiary/aromatic N) is 4. The number of piperidine rings is 1. The van der Waals surface area contributed by atoms with Crippen molar-refractivity contribution < 1.29 is 9.53 Å². The van der Waals surface area contributed by atoms with Gasteiger partial charge in [-0.1, -0.05) is 84.9 Å². The van der Waals surface area contributed by atoms with Gasteiger partial charge in [0.25, 0.3) is 0 Å². The van der Waals surface area contributed by atoms with Crippen molar-refractivity contribution in [2.24, 2.45) is 10.4 Å². The van der Waals surface area contributed by atoms with Gasteiger partial charge in [-0.15, -0.1) is 0 Å². The predicted molar refractivity (Wildman–Crippen MR) is 171 cm³/mol. The molecule has 1 aliphatic heterocycles. The van der Waals surface area contributed by atoms with Crippen LogP contribution in [0.2, 0.25) is 0 Å². The smallest absolute Gasteiger partial charge is 0.408 e. The van der Waals surface area contributed by atoms with Gasteiger partial charge in [0, 0.05) is 29.6 Å². The van der Waals surface area contributed by atoms with Gasteiger partial charge in [0.1, 0.15) is 5.60 Å². The maximum atomic E-state index is 12.9. The minimum Gasteiger partial charge on any atom is -0.444 e. The highest BCUT2D eigenvalue weighted by atomic mass is 16.6. The molecule has 0 radical (unpaired) electrons. The van der Waals surface area contributed by atoms with E-state index in [0.29, 0.717) is 5.82 Å². The van der Waals surface area contributed by atoms with E-state index in [0.717, 1.165) is 60.7 Å². The molecular weight excluding hydrogens is 534 g/mol. The number of amides is 1. The molecular formula is C36H39N5O2. The minimum atomic E-state index is -0.552. The van der Waals surface area contributed by atoms with Crippen LogP contribution < -0.4 is 10.2 Å². The second kappa shape index (κ2) is 11.6. The highest BCUT2D eigenvalue weighted by Gasteiger charge is 2.49. The molecule has 0 bridgehead atoms. The van der Waals surface area contributed by atoms with Crippen LogP contribution in [0.15, 0.2) is 96.1 Å². The Morgan fingerprint density at radius 3 is 2.16 bits per heavy atom. The van der Waals surface area contributed by atoms with Crippen LogP contribution in [0.25, 0.3) is 0 Å². The van der Waals surface area contributed by atoms with E-state index in [9.17, 15) is 4.79 Å². The highest BCUT2D eigenvalue weighted by Crippen LogP contribution is 2.52. The summed E-state index contributed by atoms with van der Waals surface area (Å²) in [7, 11) is 0. The molecule has 0 saturated carbocycles. The first kappa shape index (κ1) is 28.6. The molecule has 1 aromatic heterocycles. The molecule has 6 rings (SSSR count).